The van der Waals surface area contributed by atoms with Gasteiger partial charge in [-0.2, -0.15) is 0 Å². The maximum Gasteiger partial charge on any atom is 0.225 e. The summed E-state index contributed by atoms with van der Waals surface area (Å²) >= 11 is 0. The number of hydrogen-bond acceptors (Lipinski definition) is 4. The molecule has 0 fully saturated rings. The van der Waals surface area contributed by atoms with Gasteiger partial charge < -0.3 is 10.1 Å². The van der Waals surface area contributed by atoms with Gasteiger partial charge >= 0.3 is 0 Å². The zero-order valence-corrected chi connectivity index (χ0v) is 14.8. The van der Waals surface area contributed by atoms with Crippen LogP contribution >= 0.6 is 0 Å². The molecule has 0 bridgehead atoms. The van der Waals surface area contributed by atoms with E-state index >= 15 is 0 Å². The van der Waals surface area contributed by atoms with Crippen molar-refractivity contribution in [1.29, 1.82) is 0 Å². The number of methoxy groups -OCH3 is 1. The highest BCUT2D eigenvalue weighted by atomic mass is 32.2. The van der Waals surface area contributed by atoms with Crippen molar-refractivity contribution in [2.45, 2.75) is 25.2 Å². The summed E-state index contributed by atoms with van der Waals surface area (Å²) in [5.41, 5.74) is 2.76. The molecule has 0 unspecified atom stereocenters. The molecule has 0 saturated carbocycles. The van der Waals surface area contributed by atoms with Crippen LogP contribution in [0.15, 0.2) is 47.4 Å². The van der Waals surface area contributed by atoms with Gasteiger partial charge in [-0.25, -0.2) is 8.42 Å². The lowest BCUT2D eigenvalue weighted by molar-refractivity contribution is -0.115. The lowest BCUT2D eigenvalue weighted by Crippen LogP contribution is -2.17. The Hall–Kier alpha value is -2.34. The highest BCUT2D eigenvalue weighted by molar-refractivity contribution is 7.91. The fourth-order valence-corrected chi connectivity index (χ4v) is 3.64. The Kier molecular flexibility index (Phi) is 5.62. The Morgan fingerprint density at radius 1 is 1.04 bits per heavy atom. The first-order valence-corrected chi connectivity index (χ1v) is 9.20. The highest BCUT2D eigenvalue weighted by Crippen LogP contribution is 2.18. The molecule has 2 aromatic rings. The van der Waals surface area contributed by atoms with E-state index in [-0.39, 0.29) is 23.0 Å². The van der Waals surface area contributed by atoms with Gasteiger partial charge in [0.25, 0.3) is 0 Å². The second-order valence-corrected chi connectivity index (χ2v) is 7.78. The van der Waals surface area contributed by atoms with E-state index in [1.165, 1.54) is 19.2 Å². The Morgan fingerprint density at radius 2 is 1.62 bits per heavy atom. The minimum absolute atomic E-state index is 0.0959. The number of aryl methyl sites for hydroxylation is 2. The topological polar surface area (TPSA) is 72.5 Å². The number of amides is 1. The summed E-state index contributed by atoms with van der Waals surface area (Å²) in [4.78, 5) is 12.2. The van der Waals surface area contributed by atoms with Gasteiger partial charge in [0.2, 0.25) is 5.91 Å². The summed E-state index contributed by atoms with van der Waals surface area (Å²) in [6.45, 7) is 3.88. The fraction of sp³-hybridized carbons (Fsp3) is 0.278. The monoisotopic (exact) mass is 347 g/mol. The molecule has 0 spiro atoms. The van der Waals surface area contributed by atoms with Crippen molar-refractivity contribution in [2.75, 3.05) is 18.2 Å². The molecule has 1 N–H and O–H groups in total. The van der Waals surface area contributed by atoms with E-state index < -0.39 is 9.84 Å². The molecule has 0 aliphatic rings. The molecule has 2 aromatic carbocycles. The van der Waals surface area contributed by atoms with E-state index in [1.54, 1.807) is 12.1 Å². The first-order chi connectivity index (χ1) is 11.3. The van der Waals surface area contributed by atoms with Crippen molar-refractivity contribution < 1.29 is 17.9 Å². The van der Waals surface area contributed by atoms with Crippen molar-refractivity contribution in [3.63, 3.8) is 0 Å². The number of ether oxygens (including phenoxy) is 1. The van der Waals surface area contributed by atoms with Crippen molar-refractivity contribution >= 4 is 21.4 Å². The Morgan fingerprint density at radius 3 is 2.17 bits per heavy atom. The van der Waals surface area contributed by atoms with E-state index in [4.69, 9.17) is 4.74 Å². The molecule has 2 rings (SSSR count). The smallest absolute Gasteiger partial charge is 0.225 e. The van der Waals surface area contributed by atoms with Crippen LogP contribution in [0.4, 0.5) is 5.69 Å². The zero-order valence-electron chi connectivity index (χ0n) is 14.0. The van der Waals surface area contributed by atoms with E-state index in [1.807, 2.05) is 32.0 Å². The maximum absolute atomic E-state index is 12.3. The molecule has 24 heavy (non-hydrogen) atoms. The Labute approximate surface area is 142 Å². The molecule has 6 heteroatoms. The van der Waals surface area contributed by atoms with Gasteiger partial charge in [0, 0.05) is 12.1 Å². The largest absolute Gasteiger partial charge is 0.497 e. The van der Waals surface area contributed by atoms with Gasteiger partial charge in [0.15, 0.2) is 9.84 Å². The number of benzene rings is 2. The summed E-state index contributed by atoms with van der Waals surface area (Å²) in [5.74, 6) is 0.0225. The lowest BCUT2D eigenvalue weighted by atomic mass is 10.1. The van der Waals surface area contributed by atoms with Crippen LogP contribution in [0.3, 0.4) is 0 Å². The number of rotatable bonds is 6. The third-order valence-corrected chi connectivity index (χ3v) is 5.25. The minimum atomic E-state index is -3.51. The second-order valence-electron chi connectivity index (χ2n) is 5.67. The molecule has 0 radical (unpaired) electrons. The first-order valence-electron chi connectivity index (χ1n) is 7.55. The predicted octanol–water partition coefficient (Wildman–Crippen LogP) is 3.11. The summed E-state index contributed by atoms with van der Waals surface area (Å²) in [7, 11) is -1.99. The van der Waals surface area contributed by atoms with Crippen LogP contribution in [0.2, 0.25) is 0 Å². The van der Waals surface area contributed by atoms with Crippen LogP contribution in [0.25, 0.3) is 0 Å². The molecular formula is C18H21NO4S. The van der Waals surface area contributed by atoms with Crippen LogP contribution in [-0.2, 0) is 14.6 Å². The Bertz CT molecular complexity index is 806. The highest BCUT2D eigenvalue weighted by Gasteiger charge is 2.16. The van der Waals surface area contributed by atoms with Crippen molar-refractivity contribution in [3.8, 4) is 5.75 Å². The quantitative estimate of drug-likeness (QED) is 0.871. The SMILES string of the molecule is COc1ccc(S(=O)(=O)CCC(=O)Nc2cc(C)cc(C)c2)cc1. The summed E-state index contributed by atoms with van der Waals surface area (Å²) in [5, 5.41) is 2.74. The van der Waals surface area contributed by atoms with E-state index in [9.17, 15) is 13.2 Å². The number of carbonyl (C=O) groups is 1. The van der Waals surface area contributed by atoms with Gasteiger partial charge in [0.1, 0.15) is 5.75 Å². The minimum Gasteiger partial charge on any atom is -0.497 e. The third-order valence-electron chi connectivity index (χ3n) is 3.52. The molecule has 5 nitrogen and oxygen atoms in total. The fourth-order valence-electron chi connectivity index (χ4n) is 2.40. The molecule has 128 valence electrons. The van der Waals surface area contributed by atoms with Crippen molar-refractivity contribution in [1.82, 2.24) is 0 Å². The van der Waals surface area contributed by atoms with Gasteiger partial charge in [-0.1, -0.05) is 6.07 Å². The Balaban J connectivity index is 1.99. The van der Waals surface area contributed by atoms with Crippen LogP contribution in [0.5, 0.6) is 5.75 Å². The first kappa shape index (κ1) is 18.0. The summed E-state index contributed by atoms with van der Waals surface area (Å²) in [6.07, 6.45) is -0.0959. The maximum atomic E-state index is 12.3. The van der Waals surface area contributed by atoms with Crippen LogP contribution in [0.1, 0.15) is 17.5 Å². The zero-order chi connectivity index (χ0) is 17.7. The number of anilines is 1. The molecule has 0 aromatic heterocycles. The van der Waals surface area contributed by atoms with Crippen LogP contribution < -0.4 is 10.1 Å². The number of sulfone groups is 1. The van der Waals surface area contributed by atoms with Gasteiger partial charge in [0.05, 0.1) is 17.8 Å². The molecule has 0 aliphatic carbocycles. The van der Waals surface area contributed by atoms with E-state index in [0.29, 0.717) is 11.4 Å². The molecule has 0 saturated heterocycles. The molecular weight excluding hydrogens is 326 g/mol. The molecule has 0 aliphatic heterocycles. The van der Waals surface area contributed by atoms with E-state index in [2.05, 4.69) is 5.32 Å². The van der Waals surface area contributed by atoms with Gasteiger partial charge in [-0.15, -0.1) is 0 Å². The normalized spacial score (nSPS) is 11.1. The van der Waals surface area contributed by atoms with Crippen molar-refractivity contribution in [2.24, 2.45) is 0 Å². The summed E-state index contributed by atoms with van der Waals surface area (Å²) in [6, 6.07) is 11.8. The molecule has 0 atom stereocenters. The van der Waals surface area contributed by atoms with E-state index in [0.717, 1.165) is 11.1 Å². The van der Waals surface area contributed by atoms with Crippen LogP contribution in [0, 0.1) is 13.8 Å². The average Bonchev–Trinajstić information content (AvgIpc) is 2.52. The number of carbonyl (C=O) groups excluding carboxylic acids is 1. The van der Waals surface area contributed by atoms with Gasteiger partial charge in [-0.05, 0) is 61.4 Å². The predicted molar refractivity (Wildman–Crippen MR) is 94.2 cm³/mol. The number of hydrogen-bond donors (Lipinski definition) is 1. The number of nitrogens with one attached hydrogen (secondary N) is 1. The average molecular weight is 347 g/mol. The van der Waals surface area contributed by atoms with Crippen LogP contribution in [-0.4, -0.2) is 27.2 Å². The van der Waals surface area contributed by atoms with Crippen molar-refractivity contribution in [3.05, 3.63) is 53.6 Å². The molecule has 1 amide bonds. The molecule has 0 heterocycles. The third kappa shape index (κ3) is 4.83. The lowest BCUT2D eigenvalue weighted by Gasteiger charge is -2.08. The summed E-state index contributed by atoms with van der Waals surface area (Å²) < 4.78 is 29.6. The standard InChI is InChI=1S/C18H21NO4S/c1-13-10-14(2)12-15(11-13)19-18(20)8-9-24(21,22)17-6-4-16(23-3)5-7-17/h4-7,10-12H,8-9H2,1-3H3,(H,19,20). The van der Waals surface area contributed by atoms with Gasteiger partial charge in [-0.3, -0.25) is 4.79 Å². The second kappa shape index (κ2) is 7.49.